The number of methoxy groups -OCH3 is 1. The Balaban J connectivity index is 2.37. The molecule has 0 saturated carbocycles. The second-order valence-corrected chi connectivity index (χ2v) is 4.36. The summed E-state index contributed by atoms with van der Waals surface area (Å²) in [6.07, 6.45) is 0.242. The summed E-state index contributed by atoms with van der Waals surface area (Å²) in [5, 5.41) is 0. The van der Waals surface area contributed by atoms with E-state index in [1.165, 1.54) is 6.07 Å². The molecule has 0 aliphatic rings. The van der Waals surface area contributed by atoms with Crippen molar-refractivity contribution in [1.29, 1.82) is 0 Å². The number of carbonyl (C=O) groups is 1. The molecule has 3 nitrogen and oxygen atoms in total. The van der Waals surface area contributed by atoms with Crippen LogP contribution in [0.4, 0.5) is 4.39 Å². The maximum atomic E-state index is 13.0. The number of halogens is 2. The van der Waals surface area contributed by atoms with Crippen molar-refractivity contribution in [3.05, 3.63) is 34.1 Å². The number of rotatable bonds is 7. The number of Topliss-reactive ketones (excluding diaryl/α,β-unsaturated/α-hetero) is 1. The third-order valence-corrected chi connectivity index (χ3v) is 2.69. The van der Waals surface area contributed by atoms with Gasteiger partial charge in [-0.15, -0.1) is 0 Å². The molecule has 0 N–H and O–H groups in total. The molecule has 0 fully saturated rings. The van der Waals surface area contributed by atoms with E-state index in [2.05, 4.69) is 15.9 Å². The fourth-order valence-corrected chi connectivity index (χ4v) is 1.68. The smallest absolute Gasteiger partial charge is 0.162 e. The highest BCUT2D eigenvalue weighted by molar-refractivity contribution is 9.10. The molecule has 0 spiro atoms. The molecule has 1 aromatic carbocycles. The molecule has 0 aromatic heterocycles. The van der Waals surface area contributed by atoms with Gasteiger partial charge in [0.05, 0.1) is 17.7 Å². The molecule has 0 saturated heterocycles. The van der Waals surface area contributed by atoms with Crippen molar-refractivity contribution in [2.45, 2.75) is 6.42 Å². The van der Waals surface area contributed by atoms with Crippen LogP contribution in [-0.4, -0.2) is 32.7 Å². The highest BCUT2D eigenvalue weighted by Gasteiger charge is 2.06. The molecule has 1 aromatic rings. The molecule has 0 atom stereocenters. The molecule has 0 amide bonds. The van der Waals surface area contributed by atoms with Crippen LogP contribution in [0.2, 0.25) is 0 Å². The van der Waals surface area contributed by atoms with Crippen LogP contribution >= 0.6 is 15.9 Å². The zero-order chi connectivity index (χ0) is 12.7. The second kappa shape index (κ2) is 7.53. The minimum absolute atomic E-state index is 0.0420. The van der Waals surface area contributed by atoms with E-state index in [0.29, 0.717) is 17.7 Å². The van der Waals surface area contributed by atoms with E-state index in [0.717, 1.165) is 5.56 Å². The van der Waals surface area contributed by atoms with Gasteiger partial charge >= 0.3 is 0 Å². The summed E-state index contributed by atoms with van der Waals surface area (Å²) in [7, 11) is 1.57. The lowest BCUT2D eigenvalue weighted by molar-refractivity contribution is -0.123. The van der Waals surface area contributed by atoms with Crippen LogP contribution in [0, 0.1) is 5.82 Å². The quantitative estimate of drug-likeness (QED) is 0.726. The zero-order valence-corrected chi connectivity index (χ0v) is 11.1. The van der Waals surface area contributed by atoms with Gasteiger partial charge in [0.25, 0.3) is 0 Å². The van der Waals surface area contributed by atoms with Crippen molar-refractivity contribution < 1.29 is 18.7 Å². The number of ether oxygens (including phenoxy) is 2. The van der Waals surface area contributed by atoms with Crippen molar-refractivity contribution in [3.8, 4) is 0 Å². The third-order valence-electron chi connectivity index (χ3n) is 2.08. The molecule has 0 heterocycles. The van der Waals surface area contributed by atoms with Gasteiger partial charge in [-0.25, -0.2) is 4.39 Å². The van der Waals surface area contributed by atoms with E-state index in [4.69, 9.17) is 9.47 Å². The average Bonchev–Trinajstić information content (AvgIpc) is 2.30. The molecular formula is C12H14BrFO3. The predicted octanol–water partition coefficient (Wildman–Crippen LogP) is 2.36. The maximum absolute atomic E-state index is 13.0. The third kappa shape index (κ3) is 5.39. The molecule has 1 rings (SSSR count). The van der Waals surface area contributed by atoms with Crippen LogP contribution in [0.1, 0.15) is 5.56 Å². The number of carbonyl (C=O) groups excluding carboxylic acids is 1. The molecule has 94 valence electrons. The van der Waals surface area contributed by atoms with E-state index in [-0.39, 0.29) is 24.6 Å². The molecular weight excluding hydrogens is 291 g/mol. The summed E-state index contributed by atoms with van der Waals surface area (Å²) in [6.45, 7) is 0.920. The van der Waals surface area contributed by atoms with Gasteiger partial charge in [-0.3, -0.25) is 4.79 Å². The number of hydrogen-bond donors (Lipinski definition) is 0. The molecule has 0 unspecified atom stereocenters. The Morgan fingerprint density at radius 3 is 2.82 bits per heavy atom. The molecule has 17 heavy (non-hydrogen) atoms. The largest absolute Gasteiger partial charge is 0.382 e. The van der Waals surface area contributed by atoms with E-state index in [1.54, 1.807) is 19.2 Å². The van der Waals surface area contributed by atoms with Crippen molar-refractivity contribution in [1.82, 2.24) is 0 Å². The van der Waals surface area contributed by atoms with E-state index >= 15 is 0 Å². The van der Waals surface area contributed by atoms with Gasteiger partial charge in [-0.1, -0.05) is 6.07 Å². The Morgan fingerprint density at radius 2 is 2.18 bits per heavy atom. The Hall–Kier alpha value is -0.780. The predicted molar refractivity (Wildman–Crippen MR) is 65.5 cm³/mol. The SMILES string of the molecule is COCCOCC(=O)Cc1ccc(F)c(Br)c1. The first-order valence-electron chi connectivity index (χ1n) is 5.16. The van der Waals surface area contributed by atoms with Crippen LogP contribution in [0.15, 0.2) is 22.7 Å². The van der Waals surface area contributed by atoms with Gasteiger partial charge < -0.3 is 9.47 Å². The first kappa shape index (κ1) is 14.3. The first-order chi connectivity index (χ1) is 8.13. The Morgan fingerprint density at radius 1 is 1.41 bits per heavy atom. The highest BCUT2D eigenvalue weighted by atomic mass is 79.9. The van der Waals surface area contributed by atoms with Crippen LogP contribution in [-0.2, 0) is 20.7 Å². The fraction of sp³-hybridized carbons (Fsp3) is 0.417. The lowest BCUT2D eigenvalue weighted by Gasteiger charge is -2.04. The average molecular weight is 305 g/mol. The molecule has 0 aliphatic carbocycles. The lowest BCUT2D eigenvalue weighted by Crippen LogP contribution is -2.14. The monoisotopic (exact) mass is 304 g/mol. The molecule has 0 aliphatic heterocycles. The van der Waals surface area contributed by atoms with Crippen LogP contribution in [0.5, 0.6) is 0 Å². The number of benzene rings is 1. The summed E-state index contributed by atoms with van der Waals surface area (Å²) in [5.74, 6) is -0.378. The van der Waals surface area contributed by atoms with Crippen molar-refractivity contribution >= 4 is 21.7 Å². The minimum atomic E-state index is -0.336. The van der Waals surface area contributed by atoms with Gasteiger partial charge in [0.1, 0.15) is 12.4 Å². The van der Waals surface area contributed by atoms with Crippen molar-refractivity contribution in [3.63, 3.8) is 0 Å². The second-order valence-electron chi connectivity index (χ2n) is 3.51. The summed E-state index contributed by atoms with van der Waals surface area (Å²) in [4.78, 5) is 11.5. The van der Waals surface area contributed by atoms with Gasteiger partial charge in [-0.05, 0) is 33.6 Å². The van der Waals surface area contributed by atoms with Gasteiger partial charge in [-0.2, -0.15) is 0 Å². The number of ketones is 1. The molecule has 5 heteroatoms. The normalized spacial score (nSPS) is 10.5. The molecule has 0 radical (unpaired) electrons. The first-order valence-corrected chi connectivity index (χ1v) is 5.95. The molecule has 0 bridgehead atoms. The van der Waals surface area contributed by atoms with E-state index in [9.17, 15) is 9.18 Å². The number of hydrogen-bond acceptors (Lipinski definition) is 3. The highest BCUT2D eigenvalue weighted by Crippen LogP contribution is 2.17. The Labute approximate surface area is 108 Å². The van der Waals surface area contributed by atoms with Crippen molar-refractivity contribution in [2.24, 2.45) is 0 Å². The Bertz CT molecular complexity index is 382. The summed E-state index contributed by atoms with van der Waals surface area (Å²) in [5.41, 5.74) is 0.763. The fourth-order valence-electron chi connectivity index (χ4n) is 1.26. The van der Waals surface area contributed by atoms with Gasteiger partial charge in [0.15, 0.2) is 5.78 Å². The van der Waals surface area contributed by atoms with E-state index in [1.807, 2.05) is 0 Å². The topological polar surface area (TPSA) is 35.5 Å². The van der Waals surface area contributed by atoms with Crippen molar-refractivity contribution in [2.75, 3.05) is 26.9 Å². The summed E-state index contributed by atoms with van der Waals surface area (Å²) in [6, 6.07) is 4.52. The van der Waals surface area contributed by atoms with E-state index < -0.39 is 0 Å². The van der Waals surface area contributed by atoms with Gasteiger partial charge in [0.2, 0.25) is 0 Å². The minimum Gasteiger partial charge on any atom is -0.382 e. The summed E-state index contributed by atoms with van der Waals surface area (Å²) < 4.78 is 23.2. The zero-order valence-electron chi connectivity index (χ0n) is 9.54. The Kier molecular flexibility index (Phi) is 6.32. The van der Waals surface area contributed by atoms with Gasteiger partial charge in [0, 0.05) is 13.5 Å². The maximum Gasteiger partial charge on any atom is 0.162 e. The van der Waals surface area contributed by atoms with Crippen LogP contribution < -0.4 is 0 Å². The standard InChI is InChI=1S/C12H14BrFO3/c1-16-4-5-17-8-10(15)6-9-2-3-12(14)11(13)7-9/h2-3,7H,4-6,8H2,1H3. The lowest BCUT2D eigenvalue weighted by atomic mass is 10.1. The van der Waals surface area contributed by atoms with Crippen LogP contribution in [0.25, 0.3) is 0 Å². The van der Waals surface area contributed by atoms with Crippen LogP contribution in [0.3, 0.4) is 0 Å². The summed E-state index contributed by atoms with van der Waals surface area (Å²) >= 11 is 3.08.